The molecule has 5 aromatic heterocycles. The molecule has 8 heterocycles. The molecule has 1 spiro atoms. The van der Waals surface area contributed by atoms with Crippen molar-refractivity contribution in [1.29, 1.82) is 5.26 Å². The zero-order valence-electron chi connectivity index (χ0n) is 31.1. The molecule has 55 heavy (non-hydrogen) atoms. The van der Waals surface area contributed by atoms with Gasteiger partial charge >= 0.3 is 0 Å². The van der Waals surface area contributed by atoms with Crippen LogP contribution in [0.5, 0.6) is 0 Å². The SMILES string of the molecule is CC(C)Nc1cc(-c2ccc3cc(C#N)cnn23)ncc1-c1nnc(N2CCN(CC3CCN(c4ccc([C@H]5CCC(=O)NC5=O)cn4)CC3)C3(CC3)C2)s1. The van der Waals surface area contributed by atoms with Gasteiger partial charge in [-0.15, -0.1) is 10.2 Å². The molecular weight excluding hydrogens is 713 g/mol. The predicted octanol–water partition coefficient (Wildman–Crippen LogP) is 5.09. The topological polar surface area (TPSA) is 161 Å². The van der Waals surface area contributed by atoms with E-state index in [1.807, 2.05) is 47.2 Å². The summed E-state index contributed by atoms with van der Waals surface area (Å²) in [7, 11) is 0. The number of amides is 2. The van der Waals surface area contributed by atoms with Gasteiger partial charge in [0.25, 0.3) is 0 Å². The Bertz CT molecular complexity index is 2280. The molecule has 14 nitrogen and oxygen atoms in total. The molecule has 1 atom stereocenters. The van der Waals surface area contributed by atoms with E-state index in [0.29, 0.717) is 24.3 Å². The van der Waals surface area contributed by atoms with Crippen LogP contribution in [0.15, 0.2) is 55.0 Å². The first-order valence-corrected chi connectivity index (χ1v) is 20.1. The van der Waals surface area contributed by atoms with Gasteiger partial charge in [-0.25, -0.2) is 9.50 Å². The molecule has 4 fully saturated rings. The molecule has 0 bridgehead atoms. The first-order chi connectivity index (χ1) is 26.7. The van der Waals surface area contributed by atoms with E-state index in [2.05, 4.69) is 61.5 Å². The predicted molar refractivity (Wildman–Crippen MR) is 211 cm³/mol. The smallest absolute Gasteiger partial charge is 0.234 e. The van der Waals surface area contributed by atoms with Crippen LogP contribution in [-0.2, 0) is 9.59 Å². The average Bonchev–Trinajstić information content (AvgIpc) is 3.56. The van der Waals surface area contributed by atoms with Gasteiger partial charge in [-0.2, -0.15) is 10.4 Å². The maximum absolute atomic E-state index is 12.3. The lowest BCUT2D eigenvalue weighted by atomic mass is 9.91. The van der Waals surface area contributed by atoms with Gasteiger partial charge in [-0.3, -0.25) is 24.8 Å². The molecule has 2 N–H and O–H groups in total. The first-order valence-electron chi connectivity index (χ1n) is 19.3. The number of piperazine rings is 1. The van der Waals surface area contributed by atoms with Gasteiger partial charge in [0.15, 0.2) is 5.01 Å². The molecule has 15 heteroatoms. The van der Waals surface area contributed by atoms with E-state index in [0.717, 1.165) is 102 Å². The molecule has 2 amide bonds. The third-order valence-electron chi connectivity index (χ3n) is 11.6. The third kappa shape index (κ3) is 7.00. The van der Waals surface area contributed by atoms with Crippen LogP contribution in [0, 0.1) is 17.2 Å². The Hall–Kier alpha value is -5.46. The number of hydrogen-bond acceptors (Lipinski definition) is 13. The highest BCUT2D eigenvalue weighted by Gasteiger charge is 2.52. The van der Waals surface area contributed by atoms with Crippen LogP contribution in [0.4, 0.5) is 16.6 Å². The number of rotatable bonds is 9. The summed E-state index contributed by atoms with van der Waals surface area (Å²) >= 11 is 1.63. The van der Waals surface area contributed by atoms with Crippen LogP contribution in [0.3, 0.4) is 0 Å². The number of aromatic nitrogens is 6. The van der Waals surface area contributed by atoms with E-state index in [-0.39, 0.29) is 29.3 Å². The molecule has 4 aliphatic rings. The highest BCUT2D eigenvalue weighted by Crippen LogP contribution is 2.47. The molecule has 1 saturated carbocycles. The number of nitriles is 1. The van der Waals surface area contributed by atoms with E-state index >= 15 is 0 Å². The number of anilines is 3. The molecule has 9 rings (SSSR count). The van der Waals surface area contributed by atoms with Gasteiger partial charge in [0.05, 0.1) is 40.1 Å². The minimum absolute atomic E-state index is 0.195. The second-order valence-electron chi connectivity index (χ2n) is 15.7. The lowest BCUT2D eigenvalue weighted by Crippen LogP contribution is -2.56. The van der Waals surface area contributed by atoms with Crippen molar-refractivity contribution in [3.05, 3.63) is 66.1 Å². The number of carbonyl (C=O) groups is 2. The van der Waals surface area contributed by atoms with E-state index in [9.17, 15) is 14.9 Å². The minimum Gasteiger partial charge on any atom is -0.382 e. The highest BCUT2D eigenvalue weighted by molar-refractivity contribution is 7.18. The molecule has 3 saturated heterocycles. The number of carbonyl (C=O) groups excluding carboxylic acids is 2. The number of nitrogens with one attached hydrogen (secondary N) is 2. The van der Waals surface area contributed by atoms with Gasteiger partial charge in [0, 0.05) is 75.4 Å². The van der Waals surface area contributed by atoms with Gasteiger partial charge in [-0.1, -0.05) is 17.4 Å². The quantitative estimate of drug-likeness (QED) is 0.192. The molecule has 1 aliphatic carbocycles. The van der Waals surface area contributed by atoms with Crippen LogP contribution in [0.2, 0.25) is 0 Å². The van der Waals surface area contributed by atoms with Crippen molar-refractivity contribution in [3.63, 3.8) is 0 Å². The van der Waals surface area contributed by atoms with E-state index in [4.69, 9.17) is 15.1 Å². The summed E-state index contributed by atoms with van der Waals surface area (Å²) in [4.78, 5) is 41.0. The summed E-state index contributed by atoms with van der Waals surface area (Å²) in [6.07, 6.45) is 10.9. The monoisotopic (exact) mass is 756 g/mol. The highest BCUT2D eigenvalue weighted by atomic mass is 32.1. The first kappa shape index (κ1) is 35.3. The summed E-state index contributed by atoms with van der Waals surface area (Å²) in [6, 6.07) is 14.2. The largest absolute Gasteiger partial charge is 0.382 e. The Labute approximate surface area is 323 Å². The van der Waals surface area contributed by atoms with Gasteiger partial charge in [0.2, 0.25) is 16.9 Å². The molecule has 0 radical (unpaired) electrons. The van der Waals surface area contributed by atoms with Crippen molar-refractivity contribution >= 4 is 45.3 Å². The van der Waals surface area contributed by atoms with Crippen molar-refractivity contribution < 1.29 is 9.59 Å². The summed E-state index contributed by atoms with van der Waals surface area (Å²) in [5, 5.41) is 31.0. The Morgan fingerprint density at radius 3 is 2.58 bits per heavy atom. The number of piperidine rings is 2. The van der Waals surface area contributed by atoms with Crippen LogP contribution >= 0.6 is 11.3 Å². The number of imide groups is 1. The van der Waals surface area contributed by atoms with Crippen LogP contribution in [-0.4, -0.2) is 97.3 Å². The molecule has 0 aromatic carbocycles. The number of fused-ring (bicyclic) bond motifs is 1. The molecule has 5 aromatic rings. The van der Waals surface area contributed by atoms with E-state index in [1.165, 1.54) is 12.8 Å². The van der Waals surface area contributed by atoms with Crippen molar-refractivity contribution in [1.82, 2.24) is 40.0 Å². The lowest BCUT2D eigenvalue weighted by Gasteiger charge is -2.44. The maximum atomic E-state index is 12.3. The normalized spacial score (nSPS) is 20.3. The summed E-state index contributed by atoms with van der Waals surface area (Å²) in [6.45, 7) is 10.2. The average molecular weight is 757 g/mol. The van der Waals surface area contributed by atoms with Gasteiger partial charge in [0.1, 0.15) is 11.9 Å². The summed E-state index contributed by atoms with van der Waals surface area (Å²) in [5.41, 5.74) is 5.95. The zero-order chi connectivity index (χ0) is 37.7. The molecule has 3 aliphatic heterocycles. The van der Waals surface area contributed by atoms with Crippen LogP contribution < -0.4 is 20.4 Å². The Morgan fingerprint density at radius 1 is 0.982 bits per heavy atom. The fraction of sp³-hybridized carbons (Fsp3) is 0.450. The Balaban J connectivity index is 0.828. The molecule has 0 unspecified atom stereocenters. The van der Waals surface area contributed by atoms with E-state index < -0.39 is 0 Å². The van der Waals surface area contributed by atoms with Gasteiger partial charge in [-0.05, 0) is 87.8 Å². The standard InChI is InChI=1S/C40H44N12O2S/c1-25(2)45-32-18-33(34-6-4-29-17-27(19-41)20-44-52(29)34)42-22-31(32)38-47-48-39(55-38)50-15-16-51(40(24-50)11-12-40)23-26-9-13-49(14-10-26)35-7-3-28(21-43-35)30-5-8-36(53)46-37(30)54/h3-4,6-7,17-18,20-22,25-26,30H,5,8-16,23-24H2,1-2H3,(H,42,45)(H,46,53,54)/t30-/m1/s1. The van der Waals surface area contributed by atoms with Gasteiger partial charge < -0.3 is 15.1 Å². The van der Waals surface area contributed by atoms with Crippen LogP contribution in [0.25, 0.3) is 27.5 Å². The number of hydrogen-bond donors (Lipinski definition) is 2. The summed E-state index contributed by atoms with van der Waals surface area (Å²) < 4.78 is 1.81. The maximum Gasteiger partial charge on any atom is 0.234 e. The van der Waals surface area contributed by atoms with Crippen molar-refractivity contribution in [2.75, 3.05) is 54.4 Å². The van der Waals surface area contributed by atoms with E-state index in [1.54, 1.807) is 17.5 Å². The fourth-order valence-electron chi connectivity index (χ4n) is 8.44. The third-order valence-corrected chi connectivity index (χ3v) is 12.6. The second kappa shape index (κ2) is 14.3. The Morgan fingerprint density at radius 2 is 1.84 bits per heavy atom. The molecular formula is C40H44N12O2S. The lowest BCUT2D eigenvalue weighted by molar-refractivity contribution is -0.134. The van der Waals surface area contributed by atoms with Crippen molar-refractivity contribution in [2.45, 2.75) is 69.9 Å². The minimum atomic E-state index is -0.304. The second-order valence-corrected chi connectivity index (χ2v) is 16.6. The summed E-state index contributed by atoms with van der Waals surface area (Å²) in [5.74, 6) is 0.885. The molecule has 282 valence electrons. The number of nitrogens with zero attached hydrogens (tertiary/aromatic N) is 10. The van der Waals surface area contributed by atoms with Crippen molar-refractivity contribution in [2.24, 2.45) is 5.92 Å². The van der Waals surface area contributed by atoms with Crippen molar-refractivity contribution in [3.8, 4) is 28.0 Å². The zero-order valence-corrected chi connectivity index (χ0v) is 31.9. The fourth-order valence-corrected chi connectivity index (χ4v) is 9.33. The number of pyridine rings is 2. The van der Waals surface area contributed by atoms with Crippen LogP contribution in [0.1, 0.15) is 69.4 Å². The Kier molecular flexibility index (Phi) is 9.18.